The number of nitrogens with one attached hydrogen (secondary N) is 1. The van der Waals surface area contributed by atoms with Crippen LogP contribution in [0.25, 0.3) is 0 Å². The first-order chi connectivity index (χ1) is 14.3. The molecule has 0 aliphatic rings. The predicted octanol–water partition coefficient (Wildman–Crippen LogP) is 3.94. The summed E-state index contributed by atoms with van der Waals surface area (Å²) in [5, 5.41) is 11.3. The number of carbonyl (C=O) groups is 3. The van der Waals surface area contributed by atoms with Gasteiger partial charge in [-0.25, -0.2) is 4.79 Å². The fourth-order valence-electron chi connectivity index (χ4n) is 2.34. The highest BCUT2D eigenvalue weighted by Crippen LogP contribution is 2.10. The Morgan fingerprint density at radius 3 is 2.14 bits per heavy atom. The molecule has 0 rings (SSSR count). The lowest BCUT2D eigenvalue weighted by molar-refractivity contribution is -0.137. The third-order valence-electron chi connectivity index (χ3n) is 3.65. The molecule has 0 aliphatic carbocycles. The van der Waals surface area contributed by atoms with Crippen LogP contribution in [0.4, 0.5) is 4.79 Å². The normalized spacial score (nSPS) is 13.9. The van der Waals surface area contributed by atoms with Crippen molar-refractivity contribution in [3.63, 3.8) is 0 Å². The zero-order valence-electron chi connectivity index (χ0n) is 20.5. The van der Waals surface area contributed by atoms with Crippen molar-refractivity contribution in [1.29, 1.82) is 0 Å². The van der Waals surface area contributed by atoms with E-state index in [1.54, 1.807) is 20.8 Å². The Kier molecular flexibility index (Phi) is 10.3. The van der Waals surface area contributed by atoms with Crippen LogP contribution in [-0.2, 0) is 14.3 Å². The zero-order valence-corrected chi connectivity index (χ0v) is 17.5. The second-order valence-electron chi connectivity index (χ2n) is 7.67. The van der Waals surface area contributed by atoms with Crippen LogP contribution in [0.5, 0.6) is 0 Å². The Hall–Kier alpha value is -2.12. The monoisotopic (exact) mass is 402 g/mol. The number of likely N-dealkylation sites (N-methyl/N-ethyl adjacent to an activating group) is 1. The van der Waals surface area contributed by atoms with E-state index >= 15 is 0 Å². The van der Waals surface area contributed by atoms with Crippen molar-refractivity contribution in [2.45, 2.75) is 91.1 Å². The number of unbranched alkanes of at least 4 members (excludes halogenated alkanes) is 7. The molecular formula is C20H37N3O5. The van der Waals surface area contributed by atoms with E-state index in [2.05, 4.69) is 17.2 Å². The van der Waals surface area contributed by atoms with Gasteiger partial charge in [0.05, 0.1) is 0 Å². The predicted molar refractivity (Wildman–Crippen MR) is 109 cm³/mol. The van der Waals surface area contributed by atoms with E-state index in [4.69, 9.17) is 14.0 Å². The molecule has 0 radical (unpaired) electrons. The molecule has 0 aromatic heterocycles. The van der Waals surface area contributed by atoms with Crippen molar-refractivity contribution >= 4 is 23.9 Å². The van der Waals surface area contributed by atoms with E-state index in [1.807, 2.05) is 0 Å². The molecule has 0 saturated heterocycles. The molecule has 2 amide bonds. The number of aliphatic imine (C=N–C) groups is 1. The van der Waals surface area contributed by atoms with Crippen LogP contribution in [0.2, 0.25) is 0 Å². The highest BCUT2D eigenvalue weighted by molar-refractivity contribution is 6.01. The molecular weight excluding hydrogens is 362 g/mol. The van der Waals surface area contributed by atoms with Crippen LogP contribution in [0.3, 0.4) is 0 Å². The fourth-order valence-corrected chi connectivity index (χ4v) is 2.34. The molecule has 0 fully saturated rings. The summed E-state index contributed by atoms with van der Waals surface area (Å²) in [5.41, 5.74) is -0.898. The van der Waals surface area contributed by atoms with Crippen LogP contribution in [0.15, 0.2) is 4.99 Å². The summed E-state index contributed by atoms with van der Waals surface area (Å²) in [6.45, 7) is 3.03. The van der Waals surface area contributed by atoms with Crippen molar-refractivity contribution in [2.75, 3.05) is 13.5 Å². The van der Waals surface area contributed by atoms with Crippen molar-refractivity contribution < 1.29 is 28.3 Å². The molecule has 0 aromatic carbocycles. The average Bonchev–Trinajstić information content (AvgIpc) is 2.58. The molecule has 0 spiro atoms. The van der Waals surface area contributed by atoms with Gasteiger partial charge in [-0.2, -0.15) is 0 Å². The maximum absolute atomic E-state index is 12.3. The number of amides is 2. The van der Waals surface area contributed by atoms with Gasteiger partial charge in [0.15, 0.2) is 0 Å². The van der Waals surface area contributed by atoms with Crippen molar-refractivity contribution in [1.82, 2.24) is 10.2 Å². The molecule has 0 atom stereocenters. The molecule has 0 heterocycles. The quantitative estimate of drug-likeness (QED) is 0.308. The Morgan fingerprint density at radius 1 is 1.07 bits per heavy atom. The molecule has 8 nitrogen and oxygen atoms in total. The van der Waals surface area contributed by atoms with Crippen molar-refractivity contribution in [3.8, 4) is 0 Å². The van der Waals surface area contributed by atoms with Gasteiger partial charge in [0, 0.05) is 17.5 Å². The van der Waals surface area contributed by atoms with Gasteiger partial charge >= 0.3 is 12.1 Å². The zero-order chi connectivity index (χ0) is 24.1. The topological polar surface area (TPSA) is 108 Å². The van der Waals surface area contributed by atoms with Crippen LogP contribution in [-0.4, -0.2) is 53.1 Å². The van der Waals surface area contributed by atoms with Gasteiger partial charge in [0.2, 0.25) is 11.9 Å². The van der Waals surface area contributed by atoms with Crippen molar-refractivity contribution in [3.05, 3.63) is 0 Å². The maximum Gasteiger partial charge on any atom is 0.437 e. The summed E-state index contributed by atoms with van der Waals surface area (Å²) in [6.07, 6.45) is 7.27. The molecule has 8 heteroatoms. The third kappa shape index (κ3) is 15.0. The number of hydrogen-bond acceptors (Lipinski definition) is 4. The second kappa shape index (κ2) is 14.0. The summed E-state index contributed by atoms with van der Waals surface area (Å²) in [5.74, 6) is -2.67. The summed E-state index contributed by atoms with van der Waals surface area (Å²) in [6, 6.07) is 0. The van der Waals surface area contributed by atoms with Gasteiger partial charge < -0.3 is 14.7 Å². The van der Waals surface area contributed by atoms with Gasteiger partial charge in [-0.3, -0.25) is 14.9 Å². The van der Waals surface area contributed by atoms with Gasteiger partial charge in [-0.15, -0.1) is 4.99 Å². The Labute approximate surface area is 172 Å². The standard InChI is InChI=1S/C20H37N3O5/c1-6-7-8-9-10-11-12-13-14-16(24)21-18(23(5)15-17(25)26)22-19(27)28-20(2,3)4/h6-15H2,1-5H3,(H,25,26)(H,21,22,24,27)/i5D3. The van der Waals surface area contributed by atoms with E-state index in [1.165, 1.54) is 19.3 Å². The highest BCUT2D eigenvalue weighted by atomic mass is 16.6. The van der Waals surface area contributed by atoms with Gasteiger partial charge in [0.25, 0.3) is 0 Å². The van der Waals surface area contributed by atoms with Crippen LogP contribution in [0, 0.1) is 0 Å². The number of aliphatic carboxylic acids is 1. The van der Waals surface area contributed by atoms with Gasteiger partial charge in [-0.1, -0.05) is 51.9 Å². The minimum absolute atomic E-state index is 0.101. The van der Waals surface area contributed by atoms with Gasteiger partial charge in [0.1, 0.15) is 12.1 Å². The number of nitrogens with zero attached hydrogens (tertiary/aromatic N) is 2. The fraction of sp³-hybridized carbons (Fsp3) is 0.800. The molecule has 2 N–H and O–H groups in total. The number of carboxylic acids is 1. The first kappa shape index (κ1) is 20.6. The Morgan fingerprint density at radius 2 is 1.64 bits per heavy atom. The van der Waals surface area contributed by atoms with Crippen LogP contribution >= 0.6 is 0 Å². The van der Waals surface area contributed by atoms with Gasteiger partial charge in [-0.05, 0) is 27.2 Å². The minimum Gasteiger partial charge on any atom is -0.480 e. The number of rotatable bonds is 11. The summed E-state index contributed by atoms with van der Waals surface area (Å²) in [7, 11) is 0. The Bertz CT molecular complexity index is 616. The summed E-state index contributed by atoms with van der Waals surface area (Å²) < 4.78 is 27.7. The van der Waals surface area contributed by atoms with E-state index < -0.39 is 43.1 Å². The molecule has 28 heavy (non-hydrogen) atoms. The molecule has 0 aliphatic heterocycles. The first-order valence-corrected chi connectivity index (χ1v) is 9.87. The van der Waals surface area contributed by atoms with E-state index in [9.17, 15) is 14.4 Å². The van der Waals surface area contributed by atoms with Crippen LogP contribution in [0.1, 0.15) is 89.6 Å². The average molecular weight is 403 g/mol. The molecule has 0 aromatic rings. The van der Waals surface area contributed by atoms with E-state index in [-0.39, 0.29) is 6.42 Å². The SMILES string of the molecule is [2H]C([2H])([2H])N(CC(=O)O)/C(=N\C(=O)OC(C)(C)C)NC(=O)CCCCCCCCCC. The lowest BCUT2D eigenvalue weighted by Crippen LogP contribution is -2.45. The van der Waals surface area contributed by atoms with E-state index in [0.717, 1.165) is 25.7 Å². The molecule has 0 unspecified atom stereocenters. The first-order valence-electron chi connectivity index (χ1n) is 11.4. The number of guanidine groups is 1. The number of carbonyl (C=O) groups excluding carboxylic acids is 2. The van der Waals surface area contributed by atoms with Crippen molar-refractivity contribution in [2.24, 2.45) is 4.99 Å². The summed E-state index contributed by atoms with van der Waals surface area (Å²) >= 11 is 0. The lowest BCUT2D eigenvalue weighted by atomic mass is 10.1. The maximum atomic E-state index is 12.3. The third-order valence-corrected chi connectivity index (χ3v) is 3.65. The summed E-state index contributed by atoms with van der Waals surface area (Å²) in [4.78, 5) is 39.4. The second-order valence-corrected chi connectivity index (χ2v) is 7.67. The number of carboxylic acid groups (broad SMARTS) is 1. The number of ether oxygens (including phenoxy) is 1. The largest absolute Gasteiger partial charge is 0.480 e. The highest BCUT2D eigenvalue weighted by Gasteiger charge is 2.19. The minimum atomic E-state index is -2.94. The van der Waals surface area contributed by atoms with Crippen LogP contribution < -0.4 is 5.32 Å². The molecule has 0 bridgehead atoms. The molecule has 0 saturated carbocycles. The Balaban J connectivity index is 5.07. The smallest absolute Gasteiger partial charge is 0.437 e. The van der Waals surface area contributed by atoms with E-state index in [0.29, 0.717) is 11.3 Å². The lowest BCUT2D eigenvalue weighted by Gasteiger charge is -2.21. The molecule has 162 valence electrons. The number of hydrogen-bond donors (Lipinski definition) is 2.